The van der Waals surface area contributed by atoms with Gasteiger partial charge in [-0.1, -0.05) is 13.8 Å². The van der Waals surface area contributed by atoms with E-state index in [1.165, 1.54) is 12.4 Å². The second-order valence-electron chi connectivity index (χ2n) is 9.70. The van der Waals surface area contributed by atoms with Crippen LogP contribution in [0, 0.1) is 35.1 Å². The van der Waals surface area contributed by atoms with Crippen molar-refractivity contribution in [2.75, 3.05) is 26.3 Å². The van der Waals surface area contributed by atoms with Gasteiger partial charge >= 0.3 is 5.97 Å². The van der Waals surface area contributed by atoms with Gasteiger partial charge in [-0.25, -0.2) is 8.78 Å². The van der Waals surface area contributed by atoms with E-state index in [2.05, 4.69) is 10.3 Å². The van der Waals surface area contributed by atoms with Gasteiger partial charge in [0.15, 0.2) is 23.2 Å². The lowest BCUT2D eigenvalue weighted by Gasteiger charge is -2.32. The molecule has 0 aliphatic carbocycles. The van der Waals surface area contributed by atoms with Crippen LogP contribution < -0.4 is 10.1 Å². The quantitative estimate of drug-likeness (QED) is 0.252. The molecule has 216 valence electrons. The number of aromatic nitrogens is 1. The number of halogens is 4. The Balaban J connectivity index is 1.65. The number of benzene rings is 1. The highest BCUT2D eigenvalue weighted by Crippen LogP contribution is 2.26. The molecule has 2 heterocycles. The van der Waals surface area contributed by atoms with Crippen LogP contribution in [0.4, 0.5) is 17.6 Å². The van der Waals surface area contributed by atoms with Gasteiger partial charge < -0.3 is 19.7 Å². The van der Waals surface area contributed by atoms with E-state index < -0.39 is 71.7 Å². The molecule has 1 aromatic heterocycles. The molecule has 1 aromatic carbocycles. The largest absolute Gasteiger partial charge is 0.479 e. The zero-order chi connectivity index (χ0) is 29.4. The van der Waals surface area contributed by atoms with E-state index in [4.69, 9.17) is 9.47 Å². The van der Waals surface area contributed by atoms with E-state index in [1.54, 1.807) is 30.9 Å². The van der Waals surface area contributed by atoms with Crippen LogP contribution in [-0.4, -0.2) is 65.8 Å². The average molecular weight is 568 g/mol. The maximum absolute atomic E-state index is 13.9. The minimum absolute atomic E-state index is 0.00980. The highest BCUT2D eigenvalue weighted by Gasteiger charge is 2.32. The average Bonchev–Trinajstić information content (AvgIpc) is 2.94. The van der Waals surface area contributed by atoms with Crippen LogP contribution in [0.3, 0.4) is 0 Å². The number of ether oxygens (including phenoxy) is 2. The van der Waals surface area contributed by atoms with Gasteiger partial charge in [-0.3, -0.25) is 24.2 Å². The Morgan fingerprint density at radius 3 is 2.30 bits per heavy atom. The number of piperidine rings is 1. The Morgan fingerprint density at radius 2 is 1.73 bits per heavy atom. The molecule has 1 atom stereocenters. The number of rotatable bonds is 11. The van der Waals surface area contributed by atoms with Gasteiger partial charge in [-0.15, -0.1) is 0 Å². The summed E-state index contributed by atoms with van der Waals surface area (Å²) < 4.78 is 64.6. The predicted molar refractivity (Wildman–Crippen MR) is 132 cm³/mol. The Labute approximate surface area is 227 Å². The molecule has 1 N–H and O–H groups in total. The Bertz CT molecular complexity index is 1210. The van der Waals surface area contributed by atoms with E-state index >= 15 is 0 Å². The summed E-state index contributed by atoms with van der Waals surface area (Å²) in [6.45, 7) is 3.04. The zero-order valence-corrected chi connectivity index (χ0v) is 21.9. The molecule has 40 heavy (non-hydrogen) atoms. The smallest absolute Gasteiger partial charge is 0.308 e. The van der Waals surface area contributed by atoms with E-state index in [-0.39, 0.29) is 50.4 Å². The first kappa shape index (κ1) is 30.5. The van der Waals surface area contributed by atoms with Crippen LogP contribution in [0.25, 0.3) is 0 Å². The van der Waals surface area contributed by atoms with Crippen LogP contribution in [0.2, 0.25) is 0 Å². The van der Waals surface area contributed by atoms with Crippen LogP contribution >= 0.6 is 0 Å². The number of carbonyl (C=O) groups excluding carboxylic acids is 4. The molecule has 3 rings (SSSR count). The topological polar surface area (TPSA) is 115 Å². The first-order valence-corrected chi connectivity index (χ1v) is 12.6. The maximum Gasteiger partial charge on any atom is 0.308 e. The summed E-state index contributed by atoms with van der Waals surface area (Å²) in [5.74, 6) is -11.8. The zero-order valence-electron chi connectivity index (χ0n) is 21.9. The fourth-order valence-corrected chi connectivity index (χ4v) is 3.96. The molecule has 2 aromatic rings. The number of nitrogens with one attached hydrogen (secondary N) is 1. The van der Waals surface area contributed by atoms with Crippen molar-refractivity contribution in [1.29, 1.82) is 0 Å². The molecule has 0 bridgehead atoms. The number of hydrogen-bond donors (Lipinski definition) is 1. The van der Waals surface area contributed by atoms with Crippen molar-refractivity contribution in [1.82, 2.24) is 15.2 Å². The van der Waals surface area contributed by atoms with Crippen molar-refractivity contribution >= 4 is 23.6 Å². The monoisotopic (exact) mass is 567 g/mol. The van der Waals surface area contributed by atoms with Crippen molar-refractivity contribution in [2.45, 2.75) is 39.2 Å². The predicted octanol–water partition coefficient (Wildman–Crippen LogP) is 3.21. The van der Waals surface area contributed by atoms with Crippen LogP contribution in [-0.2, 0) is 19.1 Å². The normalized spacial score (nSPS) is 14.5. The second kappa shape index (κ2) is 13.9. The van der Waals surface area contributed by atoms with Crippen molar-refractivity contribution in [2.24, 2.45) is 11.8 Å². The third-order valence-corrected chi connectivity index (χ3v) is 6.15. The highest BCUT2D eigenvalue weighted by molar-refractivity contribution is 5.95. The molecule has 0 saturated carbocycles. The number of hydrogen-bond acceptors (Lipinski definition) is 7. The summed E-state index contributed by atoms with van der Waals surface area (Å²) in [4.78, 5) is 56.3. The highest BCUT2D eigenvalue weighted by atomic mass is 19.2. The number of nitrogens with zero attached hydrogens (tertiary/aromatic N) is 2. The van der Waals surface area contributed by atoms with Gasteiger partial charge in [0.25, 0.3) is 5.91 Å². The molecule has 9 nitrogen and oxygen atoms in total. The molecule has 1 saturated heterocycles. The van der Waals surface area contributed by atoms with Gasteiger partial charge in [0.05, 0.1) is 18.6 Å². The summed E-state index contributed by atoms with van der Waals surface area (Å²) in [6.07, 6.45) is 2.91. The maximum atomic E-state index is 13.9. The number of Topliss-reactive ketones (excluding diaryl/α,β-unsaturated/α-hetero) is 1. The molecule has 0 unspecified atom stereocenters. The van der Waals surface area contributed by atoms with Gasteiger partial charge in [-0.2, -0.15) is 8.78 Å². The molecule has 0 spiro atoms. The van der Waals surface area contributed by atoms with Crippen LogP contribution in [0.1, 0.15) is 43.5 Å². The summed E-state index contributed by atoms with van der Waals surface area (Å²) in [7, 11) is 0. The van der Waals surface area contributed by atoms with E-state index in [0.29, 0.717) is 5.56 Å². The number of pyridine rings is 1. The molecule has 1 aliphatic rings. The van der Waals surface area contributed by atoms with Crippen molar-refractivity contribution < 1.29 is 46.2 Å². The molecule has 1 aliphatic heterocycles. The number of likely N-dealkylation sites (tertiary alicyclic amines) is 1. The molecular formula is C27H29F4N3O6. The number of esters is 1. The fraction of sp³-hybridized carbons (Fsp3) is 0.444. The third kappa shape index (κ3) is 7.99. The van der Waals surface area contributed by atoms with E-state index in [0.717, 1.165) is 0 Å². The molecule has 1 fully saturated rings. The number of carbonyl (C=O) groups is 4. The van der Waals surface area contributed by atoms with Crippen molar-refractivity contribution in [3.63, 3.8) is 0 Å². The molecule has 13 heteroatoms. The van der Waals surface area contributed by atoms with Gasteiger partial charge in [0.1, 0.15) is 12.6 Å². The second-order valence-corrected chi connectivity index (χ2v) is 9.70. The standard InChI is InChI=1S/C27H29F4N3O6/c1-15(2)13-39-22(36)11-20(21(35)14-40-25-23(30)18(28)10-19(29)24(25)31)33-26(37)16-5-8-34(9-6-16)27(38)17-4-3-7-32-12-17/h3-4,7,10,12,15-16,20H,5-6,8-9,11,13-14H2,1-2H3,(H,33,37)/t20-/m0/s1. The first-order chi connectivity index (χ1) is 19.0. The first-order valence-electron chi connectivity index (χ1n) is 12.6. The molecule has 0 radical (unpaired) electrons. The molecular weight excluding hydrogens is 538 g/mol. The van der Waals surface area contributed by atoms with Gasteiger partial charge in [-0.05, 0) is 30.9 Å². The minimum atomic E-state index is -1.84. The summed E-state index contributed by atoms with van der Waals surface area (Å²) in [5.41, 5.74) is 0.405. The summed E-state index contributed by atoms with van der Waals surface area (Å²) in [6, 6.07) is 1.74. The van der Waals surface area contributed by atoms with E-state index in [1.807, 2.05) is 0 Å². The Kier molecular flexibility index (Phi) is 10.6. The van der Waals surface area contributed by atoms with Crippen LogP contribution in [0.5, 0.6) is 5.75 Å². The van der Waals surface area contributed by atoms with Crippen molar-refractivity contribution in [3.8, 4) is 5.75 Å². The van der Waals surface area contributed by atoms with Gasteiger partial charge in [0, 0.05) is 37.5 Å². The lowest BCUT2D eigenvalue weighted by molar-refractivity contribution is -0.147. The Morgan fingerprint density at radius 1 is 1.07 bits per heavy atom. The lowest BCUT2D eigenvalue weighted by atomic mass is 9.94. The lowest BCUT2D eigenvalue weighted by Crippen LogP contribution is -2.49. The van der Waals surface area contributed by atoms with Crippen LogP contribution in [0.15, 0.2) is 30.6 Å². The van der Waals surface area contributed by atoms with Crippen molar-refractivity contribution in [3.05, 3.63) is 59.4 Å². The SMILES string of the molecule is CC(C)COC(=O)C[C@H](NC(=O)C1CCN(C(=O)c2cccnc2)CC1)C(=O)COc1c(F)c(F)cc(F)c1F. The Hall–Kier alpha value is -4.03. The third-order valence-electron chi connectivity index (χ3n) is 6.15. The molecule has 2 amide bonds. The van der Waals surface area contributed by atoms with Gasteiger partial charge in [0.2, 0.25) is 17.5 Å². The summed E-state index contributed by atoms with van der Waals surface area (Å²) in [5, 5.41) is 2.45. The summed E-state index contributed by atoms with van der Waals surface area (Å²) >= 11 is 0. The minimum Gasteiger partial charge on any atom is -0.479 e. The van der Waals surface area contributed by atoms with E-state index in [9.17, 15) is 36.7 Å². The number of amides is 2. The number of ketones is 1. The fourth-order valence-electron chi connectivity index (χ4n) is 3.96.